The average Bonchev–Trinajstić information content (AvgIpc) is 2.70. The summed E-state index contributed by atoms with van der Waals surface area (Å²) in [5.41, 5.74) is -2.65. The van der Waals surface area contributed by atoms with Crippen LogP contribution in [0.3, 0.4) is 0 Å². The third kappa shape index (κ3) is 6.62. The summed E-state index contributed by atoms with van der Waals surface area (Å²) in [6.45, 7) is 6.25. The van der Waals surface area contributed by atoms with Gasteiger partial charge in [0.15, 0.2) is 8.32 Å². The number of rotatable bonds is 7. The Bertz CT molecular complexity index is 1020. The number of benzene rings is 2. The van der Waals surface area contributed by atoms with Crippen molar-refractivity contribution in [2.75, 3.05) is 6.61 Å². The lowest BCUT2D eigenvalue weighted by atomic mass is 9.99. The average molecular weight is 488 g/mol. The van der Waals surface area contributed by atoms with Crippen LogP contribution in [0.5, 0.6) is 0 Å². The van der Waals surface area contributed by atoms with E-state index in [1.165, 1.54) is 50.0 Å². The number of hydrogen-bond donors (Lipinski definition) is 0. The molecule has 178 valence electrons. The Labute approximate surface area is 189 Å². The summed E-state index contributed by atoms with van der Waals surface area (Å²) in [6.07, 6.45) is -8.82. The van der Waals surface area contributed by atoms with Gasteiger partial charge in [-0.25, -0.2) is 0 Å². The smallest absolute Gasteiger partial charge is 0.434 e. The number of alkyl halides is 6. The SMILES string of the molecule is CCO/C(=C\C(C#N)(O[Si](C)(C)C)C(F)(F)F)c1ccc(-c2ccc(C(F)(F)F)cc2)cc1. The van der Waals surface area contributed by atoms with Crippen LogP contribution in [0.2, 0.25) is 19.6 Å². The molecule has 1 atom stereocenters. The first kappa shape index (κ1) is 26.5. The summed E-state index contributed by atoms with van der Waals surface area (Å²) < 4.78 is 90.7. The van der Waals surface area contributed by atoms with Crippen molar-refractivity contribution in [1.82, 2.24) is 0 Å². The van der Waals surface area contributed by atoms with Crippen LogP contribution in [0.25, 0.3) is 16.9 Å². The molecule has 0 spiro atoms. The molecule has 2 aromatic carbocycles. The number of hydrogen-bond acceptors (Lipinski definition) is 3. The van der Waals surface area contributed by atoms with Crippen LogP contribution >= 0.6 is 0 Å². The van der Waals surface area contributed by atoms with Gasteiger partial charge in [-0.2, -0.15) is 31.6 Å². The Kier molecular flexibility index (Phi) is 7.71. The van der Waals surface area contributed by atoms with Crippen LogP contribution < -0.4 is 0 Å². The van der Waals surface area contributed by atoms with Crippen LogP contribution in [0.15, 0.2) is 54.6 Å². The van der Waals surface area contributed by atoms with E-state index in [1.54, 1.807) is 19.1 Å². The zero-order chi connectivity index (χ0) is 25.1. The summed E-state index contributed by atoms with van der Waals surface area (Å²) in [7, 11) is -2.81. The molecular formula is C23H23F6NO2Si. The van der Waals surface area contributed by atoms with Gasteiger partial charge in [0.05, 0.1) is 12.2 Å². The fraction of sp³-hybridized carbons (Fsp3) is 0.348. The van der Waals surface area contributed by atoms with E-state index >= 15 is 0 Å². The molecule has 33 heavy (non-hydrogen) atoms. The highest BCUT2D eigenvalue weighted by molar-refractivity contribution is 6.69. The van der Waals surface area contributed by atoms with Gasteiger partial charge in [-0.3, -0.25) is 0 Å². The number of nitrogens with zero attached hydrogens (tertiary/aromatic N) is 1. The summed E-state index contributed by atoms with van der Waals surface area (Å²) in [5.74, 6) is -0.186. The first-order chi connectivity index (χ1) is 15.1. The minimum Gasteiger partial charge on any atom is -0.493 e. The predicted molar refractivity (Wildman–Crippen MR) is 115 cm³/mol. The highest BCUT2D eigenvalue weighted by Gasteiger charge is 2.58. The van der Waals surface area contributed by atoms with Gasteiger partial charge in [-0.1, -0.05) is 36.4 Å². The second-order valence-corrected chi connectivity index (χ2v) is 12.6. The number of nitriles is 1. The quantitative estimate of drug-likeness (QED) is 0.232. The Balaban J connectivity index is 2.48. The van der Waals surface area contributed by atoms with Gasteiger partial charge in [0.1, 0.15) is 11.8 Å². The van der Waals surface area contributed by atoms with Crippen molar-refractivity contribution in [2.45, 2.75) is 44.5 Å². The van der Waals surface area contributed by atoms with Gasteiger partial charge in [0.2, 0.25) is 0 Å². The van der Waals surface area contributed by atoms with Crippen LogP contribution in [-0.2, 0) is 15.3 Å². The van der Waals surface area contributed by atoms with Crippen molar-refractivity contribution < 1.29 is 35.5 Å². The molecule has 0 saturated carbocycles. The molecule has 0 radical (unpaired) electrons. The minimum absolute atomic E-state index is 0.0405. The van der Waals surface area contributed by atoms with Crippen molar-refractivity contribution in [3.8, 4) is 17.2 Å². The van der Waals surface area contributed by atoms with Gasteiger partial charge in [-0.15, -0.1) is 0 Å². The third-order valence-corrected chi connectivity index (χ3v) is 5.34. The van der Waals surface area contributed by atoms with Gasteiger partial charge < -0.3 is 9.16 Å². The minimum atomic E-state index is -5.01. The maximum Gasteiger partial charge on any atom is 0.434 e. The summed E-state index contributed by atoms with van der Waals surface area (Å²) in [5, 5.41) is 9.46. The Morgan fingerprint density at radius 3 is 1.76 bits per heavy atom. The second-order valence-electron chi connectivity index (χ2n) is 8.15. The molecule has 0 saturated heterocycles. The zero-order valence-corrected chi connectivity index (χ0v) is 19.4. The molecule has 2 aromatic rings. The monoisotopic (exact) mass is 487 g/mol. The molecule has 0 aromatic heterocycles. The van der Waals surface area contributed by atoms with Crippen LogP contribution in [-0.4, -0.2) is 26.7 Å². The first-order valence-electron chi connectivity index (χ1n) is 9.94. The van der Waals surface area contributed by atoms with Crippen LogP contribution in [0.4, 0.5) is 26.3 Å². The summed E-state index contributed by atoms with van der Waals surface area (Å²) >= 11 is 0. The lowest BCUT2D eigenvalue weighted by molar-refractivity contribution is -0.210. The van der Waals surface area contributed by atoms with E-state index in [0.717, 1.165) is 12.1 Å². The van der Waals surface area contributed by atoms with E-state index in [1.807, 2.05) is 0 Å². The van der Waals surface area contributed by atoms with Crippen molar-refractivity contribution >= 4 is 14.1 Å². The van der Waals surface area contributed by atoms with E-state index in [9.17, 15) is 31.6 Å². The standard InChI is InChI=1S/C23H23F6NO2Si/c1-5-31-20(14-21(15-30,23(27,28)29)32-33(2,3)4)18-8-6-16(7-9-18)17-10-12-19(13-11-17)22(24,25)26/h6-14H,5H2,1-4H3/b20-14-. The molecule has 0 aliphatic heterocycles. The molecule has 3 nitrogen and oxygen atoms in total. The molecule has 0 amide bonds. The largest absolute Gasteiger partial charge is 0.493 e. The van der Waals surface area contributed by atoms with E-state index in [-0.39, 0.29) is 17.9 Å². The third-order valence-electron chi connectivity index (χ3n) is 4.40. The van der Waals surface area contributed by atoms with E-state index in [2.05, 4.69) is 0 Å². The summed E-state index contributed by atoms with van der Waals surface area (Å²) in [4.78, 5) is 0. The second kappa shape index (κ2) is 9.61. The highest BCUT2D eigenvalue weighted by Crippen LogP contribution is 2.39. The van der Waals surface area contributed by atoms with Crippen molar-refractivity contribution in [3.05, 3.63) is 65.7 Å². The topological polar surface area (TPSA) is 42.2 Å². The molecule has 10 heteroatoms. The van der Waals surface area contributed by atoms with Gasteiger partial charge >= 0.3 is 12.4 Å². The molecule has 0 heterocycles. The predicted octanol–water partition coefficient (Wildman–Crippen LogP) is 7.43. The van der Waals surface area contributed by atoms with Crippen LogP contribution in [0.1, 0.15) is 18.1 Å². The van der Waals surface area contributed by atoms with E-state index in [0.29, 0.717) is 17.2 Å². The molecule has 0 bridgehead atoms. The Hall–Kier alpha value is -2.77. The molecule has 0 aliphatic carbocycles. The number of ether oxygens (including phenoxy) is 1. The van der Waals surface area contributed by atoms with E-state index < -0.39 is 31.8 Å². The summed E-state index contributed by atoms with van der Waals surface area (Å²) in [6, 6.07) is 11.8. The Morgan fingerprint density at radius 2 is 1.39 bits per heavy atom. The van der Waals surface area contributed by atoms with Crippen molar-refractivity contribution in [2.24, 2.45) is 0 Å². The van der Waals surface area contributed by atoms with Crippen molar-refractivity contribution in [3.63, 3.8) is 0 Å². The number of halogens is 6. The highest BCUT2D eigenvalue weighted by atomic mass is 28.4. The van der Waals surface area contributed by atoms with E-state index in [4.69, 9.17) is 9.16 Å². The lowest BCUT2D eigenvalue weighted by Crippen LogP contribution is -2.51. The molecule has 1 unspecified atom stereocenters. The molecule has 0 aliphatic rings. The normalized spacial score (nSPS) is 15.0. The van der Waals surface area contributed by atoms with Gasteiger partial charge in [0.25, 0.3) is 5.60 Å². The van der Waals surface area contributed by atoms with Gasteiger partial charge in [0, 0.05) is 11.6 Å². The van der Waals surface area contributed by atoms with Crippen LogP contribution in [0, 0.1) is 11.3 Å². The lowest BCUT2D eigenvalue weighted by Gasteiger charge is -2.33. The molecule has 2 rings (SSSR count). The zero-order valence-electron chi connectivity index (χ0n) is 18.4. The maximum atomic E-state index is 13.9. The maximum absolute atomic E-state index is 13.9. The molecule has 0 N–H and O–H groups in total. The fourth-order valence-electron chi connectivity index (χ4n) is 3.00. The molecule has 0 fully saturated rings. The van der Waals surface area contributed by atoms with Crippen molar-refractivity contribution in [1.29, 1.82) is 5.26 Å². The first-order valence-corrected chi connectivity index (χ1v) is 13.3. The Morgan fingerprint density at radius 1 is 0.909 bits per heavy atom. The van der Waals surface area contributed by atoms with Gasteiger partial charge in [-0.05, 0) is 49.8 Å². The molecular weight excluding hydrogens is 464 g/mol. The fourth-order valence-corrected chi connectivity index (χ4v) is 4.18.